The zero-order valence-corrected chi connectivity index (χ0v) is 13.5. The molecule has 0 heterocycles. The molecule has 3 unspecified atom stereocenters. The molecule has 0 spiro atoms. The summed E-state index contributed by atoms with van der Waals surface area (Å²) in [6.45, 7) is 3.90. The van der Waals surface area contributed by atoms with Crippen molar-refractivity contribution in [3.05, 3.63) is 35.9 Å². The lowest BCUT2D eigenvalue weighted by Gasteiger charge is -2.26. The summed E-state index contributed by atoms with van der Waals surface area (Å²) in [7, 11) is 1.33. The maximum Gasteiger partial charge on any atom is 0.328 e. The smallest absolute Gasteiger partial charge is 0.328 e. The van der Waals surface area contributed by atoms with E-state index in [9.17, 15) is 9.59 Å². The molecule has 0 bridgehead atoms. The molecule has 1 aromatic rings. The highest BCUT2D eigenvalue weighted by molar-refractivity contribution is 5.81. The first-order valence-electron chi connectivity index (χ1n) is 7.62. The van der Waals surface area contributed by atoms with Gasteiger partial charge in [-0.25, -0.2) is 0 Å². The molecule has 0 saturated carbocycles. The third-order valence-corrected chi connectivity index (χ3v) is 4.15. The first kappa shape index (κ1) is 18.2. The van der Waals surface area contributed by atoms with Gasteiger partial charge < -0.3 is 9.57 Å². The van der Waals surface area contributed by atoms with E-state index in [1.54, 1.807) is 0 Å². The van der Waals surface area contributed by atoms with Crippen molar-refractivity contribution in [3.63, 3.8) is 0 Å². The monoisotopic (exact) mass is 307 g/mol. The Kier molecular flexibility index (Phi) is 7.60. The van der Waals surface area contributed by atoms with Crippen molar-refractivity contribution in [1.29, 1.82) is 0 Å². The Morgan fingerprint density at radius 3 is 2.14 bits per heavy atom. The fourth-order valence-electron chi connectivity index (χ4n) is 2.85. The van der Waals surface area contributed by atoms with Crippen molar-refractivity contribution in [3.8, 4) is 0 Å². The molecule has 5 nitrogen and oxygen atoms in total. The van der Waals surface area contributed by atoms with Gasteiger partial charge in [0.15, 0.2) is 0 Å². The van der Waals surface area contributed by atoms with Crippen molar-refractivity contribution < 1.29 is 19.2 Å². The van der Waals surface area contributed by atoms with Crippen molar-refractivity contribution >= 4 is 11.9 Å². The second-order valence-corrected chi connectivity index (χ2v) is 5.33. The minimum absolute atomic E-state index is 0.171. The lowest BCUT2D eigenvalue weighted by Crippen LogP contribution is -2.34. The average molecular weight is 307 g/mol. The molecule has 5 heteroatoms. The van der Waals surface area contributed by atoms with Crippen LogP contribution >= 0.6 is 0 Å². The lowest BCUT2D eigenvalue weighted by molar-refractivity contribution is -0.160. The Hall–Kier alpha value is -1.88. The number of carbonyl (C=O) groups is 2. The third-order valence-electron chi connectivity index (χ3n) is 4.15. The number of carbonyl (C=O) groups excluding carboxylic acids is 2. The minimum Gasteiger partial charge on any atom is -0.469 e. The van der Waals surface area contributed by atoms with Crippen LogP contribution in [0.15, 0.2) is 30.3 Å². The van der Waals surface area contributed by atoms with Crippen LogP contribution in [0, 0.1) is 11.8 Å². The molecule has 0 saturated heterocycles. The quantitative estimate of drug-likeness (QED) is 0.590. The van der Waals surface area contributed by atoms with Gasteiger partial charge in [0.25, 0.3) is 0 Å². The van der Waals surface area contributed by atoms with Crippen molar-refractivity contribution in [2.45, 2.75) is 39.0 Å². The van der Waals surface area contributed by atoms with Gasteiger partial charge in [-0.1, -0.05) is 44.2 Å². The Bertz CT molecular complexity index is 475. The molecule has 3 atom stereocenters. The minimum atomic E-state index is -0.588. The largest absolute Gasteiger partial charge is 0.469 e. The number of nitrogens with two attached hydrogens (primary N) is 1. The molecule has 1 rings (SSSR count). The summed E-state index contributed by atoms with van der Waals surface area (Å²) < 4.78 is 4.88. The summed E-state index contributed by atoms with van der Waals surface area (Å²) in [5.74, 6) is 3.06. The molecule has 0 aromatic heterocycles. The maximum atomic E-state index is 12.1. The summed E-state index contributed by atoms with van der Waals surface area (Å²) in [6, 6.07) is 9.96. The Morgan fingerprint density at radius 1 is 1.05 bits per heavy atom. The molecule has 0 aliphatic carbocycles. The second-order valence-electron chi connectivity index (χ2n) is 5.33. The molecule has 22 heavy (non-hydrogen) atoms. The molecule has 2 N–H and O–H groups in total. The van der Waals surface area contributed by atoms with Gasteiger partial charge in [-0.2, -0.15) is 5.90 Å². The number of methoxy groups -OCH3 is 1. The molecule has 0 aliphatic heterocycles. The average Bonchev–Trinajstić information content (AvgIpc) is 2.58. The van der Waals surface area contributed by atoms with Crippen LogP contribution in [-0.2, 0) is 19.2 Å². The first-order chi connectivity index (χ1) is 10.6. The van der Waals surface area contributed by atoms with Crippen LogP contribution in [0.1, 0.15) is 44.6 Å². The van der Waals surface area contributed by atoms with Crippen LogP contribution in [0.25, 0.3) is 0 Å². The van der Waals surface area contributed by atoms with Gasteiger partial charge in [0.05, 0.1) is 18.9 Å². The predicted molar refractivity (Wildman–Crippen MR) is 83.7 cm³/mol. The van der Waals surface area contributed by atoms with Crippen LogP contribution in [-0.4, -0.2) is 19.0 Å². The Labute approximate surface area is 131 Å². The number of ether oxygens (including phenoxy) is 1. The third kappa shape index (κ3) is 4.56. The predicted octanol–water partition coefficient (Wildman–Crippen LogP) is 2.80. The van der Waals surface area contributed by atoms with Crippen molar-refractivity contribution in [2.75, 3.05) is 7.11 Å². The van der Waals surface area contributed by atoms with Crippen LogP contribution in [0.5, 0.6) is 0 Å². The lowest BCUT2D eigenvalue weighted by atomic mass is 9.79. The van der Waals surface area contributed by atoms with E-state index in [2.05, 4.69) is 11.8 Å². The van der Waals surface area contributed by atoms with Gasteiger partial charge in [-0.15, -0.1) is 0 Å². The zero-order chi connectivity index (χ0) is 16.5. The van der Waals surface area contributed by atoms with E-state index in [4.69, 9.17) is 10.6 Å². The van der Waals surface area contributed by atoms with Crippen LogP contribution < -0.4 is 5.90 Å². The summed E-state index contributed by atoms with van der Waals surface area (Å²) in [5, 5.41) is 0. The highest BCUT2D eigenvalue weighted by atomic mass is 16.7. The SMILES string of the molecule is CCC(CC(C(=O)OC)C(CC)C(=O)ON)c1ccccc1. The summed E-state index contributed by atoms with van der Waals surface area (Å²) in [6.07, 6.45) is 1.87. The number of rotatable bonds is 8. The normalized spacial score (nSPS) is 14.7. The van der Waals surface area contributed by atoms with E-state index in [1.165, 1.54) is 7.11 Å². The Balaban J connectivity index is 3.01. The topological polar surface area (TPSA) is 78.6 Å². The van der Waals surface area contributed by atoms with E-state index in [0.717, 1.165) is 12.0 Å². The highest BCUT2D eigenvalue weighted by Crippen LogP contribution is 2.32. The fraction of sp³-hybridized carbons (Fsp3) is 0.529. The van der Waals surface area contributed by atoms with E-state index in [0.29, 0.717) is 12.8 Å². The molecular formula is C17H25NO4. The first-order valence-corrected chi connectivity index (χ1v) is 7.62. The van der Waals surface area contributed by atoms with Crippen molar-refractivity contribution in [1.82, 2.24) is 0 Å². The van der Waals surface area contributed by atoms with E-state index in [-0.39, 0.29) is 5.92 Å². The fourth-order valence-corrected chi connectivity index (χ4v) is 2.85. The molecule has 0 radical (unpaired) electrons. The van der Waals surface area contributed by atoms with Gasteiger partial charge >= 0.3 is 11.9 Å². The molecule has 122 valence electrons. The number of benzene rings is 1. The van der Waals surface area contributed by atoms with E-state index < -0.39 is 23.8 Å². The van der Waals surface area contributed by atoms with Crippen LogP contribution in [0.4, 0.5) is 0 Å². The molecule has 0 amide bonds. The summed E-state index contributed by atoms with van der Waals surface area (Å²) in [4.78, 5) is 28.4. The standard InChI is InChI=1S/C17H25NO4/c1-4-12(13-9-7-6-8-10-13)11-15(16(19)21-3)14(5-2)17(20)22-18/h6-10,12,14-15H,4-5,11,18H2,1-3H3. The van der Waals surface area contributed by atoms with Gasteiger partial charge in [-0.05, 0) is 30.7 Å². The summed E-state index contributed by atoms with van der Waals surface area (Å²) >= 11 is 0. The maximum absolute atomic E-state index is 12.1. The van der Waals surface area contributed by atoms with Gasteiger partial charge in [0.1, 0.15) is 0 Å². The molecule has 0 aliphatic rings. The van der Waals surface area contributed by atoms with E-state index in [1.807, 2.05) is 37.3 Å². The van der Waals surface area contributed by atoms with E-state index >= 15 is 0 Å². The second kappa shape index (κ2) is 9.20. The highest BCUT2D eigenvalue weighted by Gasteiger charge is 2.36. The number of hydrogen-bond donors (Lipinski definition) is 1. The molecule has 0 fully saturated rings. The number of esters is 1. The molecular weight excluding hydrogens is 282 g/mol. The molecule has 1 aromatic carbocycles. The van der Waals surface area contributed by atoms with Crippen LogP contribution in [0.2, 0.25) is 0 Å². The zero-order valence-electron chi connectivity index (χ0n) is 13.5. The van der Waals surface area contributed by atoms with Crippen LogP contribution in [0.3, 0.4) is 0 Å². The Morgan fingerprint density at radius 2 is 1.68 bits per heavy atom. The van der Waals surface area contributed by atoms with Gasteiger partial charge in [0, 0.05) is 0 Å². The van der Waals surface area contributed by atoms with Gasteiger partial charge in [0.2, 0.25) is 0 Å². The van der Waals surface area contributed by atoms with Gasteiger partial charge in [-0.3, -0.25) is 9.59 Å². The summed E-state index contributed by atoms with van der Waals surface area (Å²) in [5.41, 5.74) is 1.15. The number of hydrogen-bond acceptors (Lipinski definition) is 5. The van der Waals surface area contributed by atoms with Crippen molar-refractivity contribution in [2.24, 2.45) is 17.7 Å².